The Morgan fingerprint density at radius 3 is 3.00 bits per heavy atom. The van der Waals surface area contributed by atoms with Crippen molar-refractivity contribution in [1.82, 2.24) is 5.32 Å². The van der Waals surface area contributed by atoms with Crippen LogP contribution in [0.3, 0.4) is 0 Å². The zero-order valence-corrected chi connectivity index (χ0v) is 10.3. The van der Waals surface area contributed by atoms with Gasteiger partial charge >= 0.3 is 0 Å². The maximum Gasteiger partial charge on any atom is 0.230 e. The molecule has 1 aliphatic rings. The van der Waals surface area contributed by atoms with Crippen molar-refractivity contribution in [3.8, 4) is 0 Å². The van der Waals surface area contributed by atoms with Crippen LogP contribution in [0.4, 0.5) is 0 Å². The number of amides is 1. The Kier molecular flexibility index (Phi) is 5.45. The summed E-state index contributed by atoms with van der Waals surface area (Å²) in [4.78, 5) is 11.6. The van der Waals surface area contributed by atoms with E-state index in [0.29, 0.717) is 11.8 Å². The number of nitrogens with one attached hydrogen (secondary N) is 1. The lowest BCUT2D eigenvalue weighted by molar-refractivity contribution is -0.122. The molecule has 0 bridgehead atoms. The highest BCUT2D eigenvalue weighted by Gasteiger charge is 2.19. The Labute approximate surface area is 99.8 Å². The maximum atomic E-state index is 11.6. The predicted octanol–water partition coefficient (Wildman–Crippen LogP) is 0.771. The summed E-state index contributed by atoms with van der Waals surface area (Å²) in [6.07, 6.45) is 3.67. The van der Waals surface area contributed by atoms with E-state index in [4.69, 9.17) is 10.9 Å². The van der Waals surface area contributed by atoms with Crippen LogP contribution in [-0.4, -0.2) is 34.5 Å². The van der Waals surface area contributed by atoms with E-state index < -0.39 is 5.92 Å². The molecule has 0 aliphatic carbocycles. The highest BCUT2D eigenvalue weighted by atomic mass is 32.2. The molecule has 1 rings (SSSR count). The van der Waals surface area contributed by atoms with Crippen LogP contribution in [0, 0.1) is 5.92 Å². The van der Waals surface area contributed by atoms with Gasteiger partial charge in [-0.3, -0.25) is 4.79 Å². The second kappa shape index (κ2) is 6.62. The number of carbonyl (C=O) groups excluding carboxylic acids is 1. The zero-order valence-electron chi connectivity index (χ0n) is 9.48. The van der Waals surface area contributed by atoms with Gasteiger partial charge in [-0.2, -0.15) is 11.8 Å². The van der Waals surface area contributed by atoms with E-state index in [1.54, 1.807) is 6.92 Å². The normalized spacial score (nSPS) is 23.8. The van der Waals surface area contributed by atoms with Gasteiger partial charge in [-0.25, -0.2) is 0 Å². The van der Waals surface area contributed by atoms with Crippen molar-refractivity contribution >= 4 is 23.5 Å². The standard InChI is InChI=1S/C10H19N3O2S/c1-7(9(11)13-15)10(14)12-6-8-4-2-3-5-16-8/h7-8,15H,2-6H2,1H3,(H2,11,13)(H,12,14). The second-order valence-electron chi connectivity index (χ2n) is 3.98. The third-order valence-corrected chi connectivity index (χ3v) is 4.13. The molecule has 16 heavy (non-hydrogen) atoms. The predicted molar refractivity (Wildman–Crippen MR) is 65.7 cm³/mol. The smallest absolute Gasteiger partial charge is 0.230 e. The summed E-state index contributed by atoms with van der Waals surface area (Å²) in [5.41, 5.74) is 5.36. The van der Waals surface area contributed by atoms with Crippen molar-refractivity contribution in [2.45, 2.75) is 31.4 Å². The van der Waals surface area contributed by atoms with Crippen molar-refractivity contribution in [2.75, 3.05) is 12.3 Å². The summed E-state index contributed by atoms with van der Waals surface area (Å²) < 4.78 is 0. The van der Waals surface area contributed by atoms with Gasteiger partial charge in [0.15, 0.2) is 5.84 Å². The molecule has 1 fully saturated rings. The molecular weight excluding hydrogens is 226 g/mol. The lowest BCUT2D eigenvalue weighted by Gasteiger charge is -2.22. The number of carbonyl (C=O) groups is 1. The van der Waals surface area contributed by atoms with E-state index in [0.717, 1.165) is 6.42 Å². The number of amidine groups is 1. The van der Waals surface area contributed by atoms with Gasteiger partial charge in [0.2, 0.25) is 5.91 Å². The topological polar surface area (TPSA) is 87.7 Å². The molecular formula is C10H19N3O2S. The largest absolute Gasteiger partial charge is 0.409 e. The van der Waals surface area contributed by atoms with Crippen LogP contribution in [-0.2, 0) is 4.79 Å². The molecule has 0 spiro atoms. The van der Waals surface area contributed by atoms with Gasteiger partial charge in [0.1, 0.15) is 0 Å². The summed E-state index contributed by atoms with van der Waals surface area (Å²) in [6, 6.07) is 0. The van der Waals surface area contributed by atoms with Gasteiger partial charge in [0.05, 0.1) is 5.92 Å². The molecule has 6 heteroatoms. The summed E-state index contributed by atoms with van der Waals surface area (Å²) in [5, 5.41) is 14.6. The van der Waals surface area contributed by atoms with Gasteiger partial charge in [0.25, 0.3) is 0 Å². The van der Waals surface area contributed by atoms with Gasteiger partial charge in [0, 0.05) is 11.8 Å². The average molecular weight is 245 g/mol. The molecule has 0 aromatic rings. The average Bonchev–Trinajstić information content (AvgIpc) is 2.35. The number of thioether (sulfide) groups is 1. The van der Waals surface area contributed by atoms with Crippen LogP contribution in [0.1, 0.15) is 26.2 Å². The lowest BCUT2D eigenvalue weighted by Crippen LogP contribution is -2.40. The molecule has 5 nitrogen and oxygen atoms in total. The Bertz CT molecular complexity index is 265. The Morgan fingerprint density at radius 1 is 1.69 bits per heavy atom. The molecule has 1 amide bonds. The van der Waals surface area contributed by atoms with Gasteiger partial charge in [-0.1, -0.05) is 11.6 Å². The third kappa shape index (κ3) is 3.92. The number of rotatable bonds is 4. The van der Waals surface area contributed by atoms with Gasteiger partial charge in [-0.05, 0) is 25.5 Å². The van der Waals surface area contributed by atoms with Gasteiger partial charge in [-0.15, -0.1) is 0 Å². The van der Waals surface area contributed by atoms with E-state index in [2.05, 4.69) is 10.5 Å². The highest BCUT2D eigenvalue weighted by molar-refractivity contribution is 7.99. The molecule has 1 heterocycles. The van der Waals surface area contributed by atoms with E-state index in [1.807, 2.05) is 11.8 Å². The van der Waals surface area contributed by atoms with Crippen LogP contribution in [0.25, 0.3) is 0 Å². The summed E-state index contributed by atoms with van der Waals surface area (Å²) in [6.45, 7) is 2.30. The van der Waals surface area contributed by atoms with Crippen LogP contribution in [0.15, 0.2) is 5.16 Å². The second-order valence-corrected chi connectivity index (χ2v) is 5.39. The quantitative estimate of drug-likeness (QED) is 0.295. The fourth-order valence-electron chi connectivity index (χ4n) is 1.56. The molecule has 0 radical (unpaired) electrons. The molecule has 4 N–H and O–H groups in total. The number of oxime groups is 1. The molecule has 0 aromatic heterocycles. The Balaban J connectivity index is 2.28. The molecule has 92 valence electrons. The Hall–Kier alpha value is -0.910. The number of hydrogen-bond donors (Lipinski definition) is 3. The monoisotopic (exact) mass is 245 g/mol. The number of hydrogen-bond acceptors (Lipinski definition) is 4. The Morgan fingerprint density at radius 2 is 2.44 bits per heavy atom. The van der Waals surface area contributed by atoms with Gasteiger partial charge < -0.3 is 16.3 Å². The first-order valence-corrected chi connectivity index (χ1v) is 6.56. The first-order chi connectivity index (χ1) is 7.65. The van der Waals surface area contributed by atoms with Crippen molar-refractivity contribution < 1.29 is 10.0 Å². The van der Waals surface area contributed by atoms with Crippen LogP contribution >= 0.6 is 11.8 Å². The fourth-order valence-corrected chi connectivity index (χ4v) is 2.80. The maximum absolute atomic E-state index is 11.6. The fraction of sp³-hybridized carbons (Fsp3) is 0.800. The van der Waals surface area contributed by atoms with E-state index in [9.17, 15) is 4.79 Å². The molecule has 0 aromatic carbocycles. The van der Waals surface area contributed by atoms with Crippen molar-refractivity contribution in [1.29, 1.82) is 0 Å². The van der Waals surface area contributed by atoms with Crippen LogP contribution < -0.4 is 11.1 Å². The molecule has 1 aliphatic heterocycles. The van der Waals surface area contributed by atoms with E-state index in [1.165, 1.54) is 18.6 Å². The molecule has 2 atom stereocenters. The molecule has 2 unspecified atom stereocenters. The zero-order chi connectivity index (χ0) is 12.0. The molecule has 1 saturated heterocycles. The molecule has 0 saturated carbocycles. The lowest BCUT2D eigenvalue weighted by atomic mass is 10.1. The first kappa shape index (κ1) is 13.2. The highest BCUT2D eigenvalue weighted by Crippen LogP contribution is 2.24. The van der Waals surface area contributed by atoms with Crippen molar-refractivity contribution in [3.63, 3.8) is 0 Å². The summed E-state index contributed by atoms with van der Waals surface area (Å²) >= 11 is 1.91. The third-order valence-electron chi connectivity index (χ3n) is 2.73. The first-order valence-electron chi connectivity index (χ1n) is 5.52. The van der Waals surface area contributed by atoms with Crippen LogP contribution in [0.2, 0.25) is 0 Å². The minimum atomic E-state index is -0.571. The van der Waals surface area contributed by atoms with E-state index in [-0.39, 0.29) is 11.7 Å². The van der Waals surface area contributed by atoms with E-state index >= 15 is 0 Å². The van der Waals surface area contributed by atoms with Crippen LogP contribution in [0.5, 0.6) is 0 Å². The minimum absolute atomic E-state index is 0.0474. The van der Waals surface area contributed by atoms with Crippen molar-refractivity contribution in [2.24, 2.45) is 16.8 Å². The SMILES string of the molecule is CC(C(=O)NCC1CCCCS1)C(N)=NO. The minimum Gasteiger partial charge on any atom is -0.409 e. The number of nitrogens with zero attached hydrogens (tertiary/aromatic N) is 1. The number of nitrogens with two attached hydrogens (primary N) is 1. The summed E-state index contributed by atoms with van der Waals surface area (Å²) in [5.74, 6) is 0.380. The summed E-state index contributed by atoms with van der Waals surface area (Å²) in [7, 11) is 0. The van der Waals surface area contributed by atoms with Crippen molar-refractivity contribution in [3.05, 3.63) is 0 Å².